The lowest BCUT2D eigenvalue weighted by Gasteiger charge is -2.37. The molecule has 1 amide bonds. The first-order chi connectivity index (χ1) is 14.1. The summed E-state index contributed by atoms with van der Waals surface area (Å²) in [6.07, 6.45) is 0. The number of para-hydroxylation sites is 1. The number of halogens is 1. The molecule has 0 saturated carbocycles. The summed E-state index contributed by atoms with van der Waals surface area (Å²) in [5.74, 6) is -0.578. The van der Waals surface area contributed by atoms with Crippen LogP contribution >= 0.6 is 0 Å². The molecule has 5 heteroatoms. The number of benzene rings is 3. The number of fused-ring (bicyclic) bond motifs is 1. The molecule has 1 N–H and O–H groups in total. The number of nitrogens with one attached hydrogen (secondary N) is 1. The SMILES string of the molecule is C[C@@H](C(=O)Nc1ccccc1F)N1CCN(Cc2cccc3ccccc23)CC1. The van der Waals surface area contributed by atoms with Gasteiger partial charge >= 0.3 is 0 Å². The molecule has 1 aliphatic heterocycles. The highest BCUT2D eigenvalue weighted by atomic mass is 19.1. The van der Waals surface area contributed by atoms with Gasteiger partial charge in [0, 0.05) is 32.7 Å². The lowest BCUT2D eigenvalue weighted by molar-refractivity contribution is -0.121. The molecule has 0 bridgehead atoms. The molecule has 1 heterocycles. The molecule has 1 aliphatic rings. The summed E-state index contributed by atoms with van der Waals surface area (Å²) in [5, 5.41) is 5.28. The molecule has 0 spiro atoms. The maximum atomic E-state index is 13.8. The summed E-state index contributed by atoms with van der Waals surface area (Å²) < 4.78 is 13.8. The van der Waals surface area contributed by atoms with Crippen LogP contribution < -0.4 is 5.32 Å². The summed E-state index contributed by atoms with van der Waals surface area (Å²) in [6, 6.07) is 20.9. The van der Waals surface area contributed by atoms with Gasteiger partial charge in [0.05, 0.1) is 11.7 Å². The first kappa shape index (κ1) is 19.6. The second kappa shape index (κ2) is 8.72. The number of nitrogens with zero attached hydrogens (tertiary/aromatic N) is 2. The fourth-order valence-electron chi connectivity index (χ4n) is 3.95. The average molecular weight is 391 g/mol. The van der Waals surface area contributed by atoms with Crippen molar-refractivity contribution in [1.29, 1.82) is 0 Å². The zero-order chi connectivity index (χ0) is 20.2. The Morgan fingerprint density at radius 3 is 2.45 bits per heavy atom. The summed E-state index contributed by atoms with van der Waals surface area (Å²) in [7, 11) is 0. The lowest BCUT2D eigenvalue weighted by Crippen LogP contribution is -2.52. The van der Waals surface area contributed by atoms with E-state index in [1.807, 2.05) is 6.92 Å². The van der Waals surface area contributed by atoms with E-state index in [2.05, 4.69) is 57.6 Å². The average Bonchev–Trinajstić information content (AvgIpc) is 2.75. The van der Waals surface area contributed by atoms with E-state index in [0.717, 1.165) is 32.7 Å². The van der Waals surface area contributed by atoms with Gasteiger partial charge in [-0.05, 0) is 35.4 Å². The van der Waals surface area contributed by atoms with E-state index in [0.29, 0.717) is 0 Å². The second-order valence-corrected chi connectivity index (χ2v) is 7.60. The van der Waals surface area contributed by atoms with E-state index in [1.165, 1.54) is 22.4 Å². The fourth-order valence-corrected chi connectivity index (χ4v) is 3.95. The lowest BCUT2D eigenvalue weighted by atomic mass is 10.0. The summed E-state index contributed by atoms with van der Waals surface area (Å²) in [5.41, 5.74) is 1.57. The van der Waals surface area contributed by atoms with Crippen LogP contribution in [-0.2, 0) is 11.3 Å². The zero-order valence-electron chi connectivity index (χ0n) is 16.6. The van der Waals surface area contributed by atoms with Gasteiger partial charge in [-0.2, -0.15) is 0 Å². The molecule has 29 heavy (non-hydrogen) atoms. The Bertz CT molecular complexity index is 993. The van der Waals surface area contributed by atoms with Gasteiger partial charge in [0.1, 0.15) is 5.82 Å². The van der Waals surface area contributed by atoms with Crippen LogP contribution in [0.3, 0.4) is 0 Å². The number of carbonyl (C=O) groups excluding carboxylic acids is 1. The van der Waals surface area contributed by atoms with Gasteiger partial charge in [0.2, 0.25) is 5.91 Å². The fraction of sp³-hybridized carbons (Fsp3) is 0.292. The minimum Gasteiger partial charge on any atom is -0.322 e. The van der Waals surface area contributed by atoms with Crippen LogP contribution in [0.1, 0.15) is 12.5 Å². The number of piperazine rings is 1. The predicted molar refractivity (Wildman–Crippen MR) is 115 cm³/mol. The van der Waals surface area contributed by atoms with E-state index in [9.17, 15) is 9.18 Å². The number of hydrogen-bond acceptors (Lipinski definition) is 3. The highest BCUT2D eigenvalue weighted by molar-refractivity contribution is 5.94. The van der Waals surface area contributed by atoms with Gasteiger partial charge in [0.25, 0.3) is 0 Å². The van der Waals surface area contributed by atoms with Crippen LogP contribution in [0, 0.1) is 5.82 Å². The molecule has 0 aliphatic carbocycles. The van der Waals surface area contributed by atoms with E-state index >= 15 is 0 Å². The highest BCUT2D eigenvalue weighted by Gasteiger charge is 2.26. The molecule has 1 saturated heterocycles. The minimum absolute atomic E-state index is 0.169. The van der Waals surface area contributed by atoms with E-state index in [1.54, 1.807) is 18.2 Å². The number of anilines is 1. The van der Waals surface area contributed by atoms with Crippen molar-refractivity contribution in [3.8, 4) is 0 Å². The maximum Gasteiger partial charge on any atom is 0.241 e. The molecular weight excluding hydrogens is 365 g/mol. The Morgan fingerprint density at radius 1 is 0.966 bits per heavy atom. The third-order valence-electron chi connectivity index (χ3n) is 5.74. The van der Waals surface area contributed by atoms with Gasteiger partial charge in [0.15, 0.2) is 0 Å². The summed E-state index contributed by atoms with van der Waals surface area (Å²) in [4.78, 5) is 17.1. The first-order valence-electron chi connectivity index (χ1n) is 10.1. The quantitative estimate of drug-likeness (QED) is 0.711. The van der Waals surface area contributed by atoms with Crippen LogP contribution in [0.25, 0.3) is 10.8 Å². The van der Waals surface area contributed by atoms with Crippen LogP contribution in [0.15, 0.2) is 66.7 Å². The first-order valence-corrected chi connectivity index (χ1v) is 10.1. The topological polar surface area (TPSA) is 35.6 Å². The van der Waals surface area contributed by atoms with Crippen molar-refractivity contribution in [3.05, 3.63) is 78.1 Å². The van der Waals surface area contributed by atoms with Crippen LogP contribution in [-0.4, -0.2) is 47.9 Å². The second-order valence-electron chi connectivity index (χ2n) is 7.60. The van der Waals surface area contributed by atoms with E-state index in [-0.39, 0.29) is 17.6 Å². The van der Waals surface area contributed by atoms with Crippen molar-refractivity contribution in [2.45, 2.75) is 19.5 Å². The Kier molecular flexibility index (Phi) is 5.88. The molecule has 0 aromatic heterocycles. The zero-order valence-corrected chi connectivity index (χ0v) is 16.6. The largest absolute Gasteiger partial charge is 0.322 e. The molecule has 1 fully saturated rings. The summed E-state index contributed by atoms with van der Waals surface area (Å²) in [6.45, 7) is 6.23. The number of carbonyl (C=O) groups is 1. The van der Waals surface area contributed by atoms with Gasteiger partial charge in [-0.1, -0.05) is 54.6 Å². The van der Waals surface area contributed by atoms with Crippen molar-refractivity contribution in [1.82, 2.24) is 9.80 Å². The van der Waals surface area contributed by atoms with Crippen molar-refractivity contribution < 1.29 is 9.18 Å². The number of hydrogen-bond donors (Lipinski definition) is 1. The monoisotopic (exact) mass is 391 g/mol. The van der Waals surface area contributed by atoms with Crippen molar-refractivity contribution in [2.75, 3.05) is 31.5 Å². The molecular formula is C24H26FN3O. The standard InChI is InChI=1S/C24H26FN3O/c1-18(24(29)26-23-12-5-4-11-22(23)25)28-15-13-27(14-16-28)17-20-9-6-8-19-7-2-3-10-21(19)20/h2-12,18H,13-17H2,1H3,(H,26,29)/t18-/m0/s1. The normalized spacial score (nSPS) is 16.6. The molecule has 0 unspecified atom stereocenters. The Morgan fingerprint density at radius 2 is 1.66 bits per heavy atom. The third-order valence-corrected chi connectivity index (χ3v) is 5.74. The molecule has 4 nitrogen and oxygen atoms in total. The molecule has 150 valence electrons. The number of rotatable bonds is 5. The Balaban J connectivity index is 1.34. The Labute approximate surface area is 170 Å². The van der Waals surface area contributed by atoms with Crippen LogP contribution in [0.5, 0.6) is 0 Å². The highest BCUT2D eigenvalue weighted by Crippen LogP contribution is 2.21. The van der Waals surface area contributed by atoms with E-state index < -0.39 is 5.82 Å². The molecule has 3 aromatic carbocycles. The molecule has 0 radical (unpaired) electrons. The molecule has 4 rings (SSSR count). The maximum absolute atomic E-state index is 13.8. The van der Waals surface area contributed by atoms with Gasteiger partial charge in [-0.25, -0.2) is 4.39 Å². The third kappa shape index (κ3) is 4.47. The van der Waals surface area contributed by atoms with Gasteiger partial charge in [-0.3, -0.25) is 14.6 Å². The predicted octanol–water partition coefficient (Wildman–Crippen LogP) is 4.12. The van der Waals surface area contributed by atoms with E-state index in [4.69, 9.17) is 0 Å². The minimum atomic E-state index is -0.409. The van der Waals surface area contributed by atoms with Crippen LogP contribution in [0.2, 0.25) is 0 Å². The van der Waals surface area contributed by atoms with Gasteiger partial charge < -0.3 is 5.32 Å². The van der Waals surface area contributed by atoms with Crippen molar-refractivity contribution >= 4 is 22.4 Å². The molecule has 3 aromatic rings. The Hall–Kier alpha value is -2.76. The van der Waals surface area contributed by atoms with Crippen LogP contribution in [0.4, 0.5) is 10.1 Å². The molecule has 1 atom stereocenters. The van der Waals surface area contributed by atoms with Crippen molar-refractivity contribution in [2.24, 2.45) is 0 Å². The summed E-state index contributed by atoms with van der Waals surface area (Å²) >= 11 is 0. The van der Waals surface area contributed by atoms with Gasteiger partial charge in [-0.15, -0.1) is 0 Å². The van der Waals surface area contributed by atoms with Crippen molar-refractivity contribution in [3.63, 3.8) is 0 Å². The smallest absolute Gasteiger partial charge is 0.241 e. The number of amides is 1.